The fourth-order valence-electron chi connectivity index (χ4n) is 4.26. The van der Waals surface area contributed by atoms with Crippen molar-refractivity contribution in [2.24, 2.45) is 7.05 Å². The van der Waals surface area contributed by atoms with Crippen LogP contribution in [0.3, 0.4) is 0 Å². The molecule has 0 aliphatic heterocycles. The average molecular weight is 352 g/mol. The highest BCUT2D eigenvalue weighted by atomic mass is 19.1. The van der Waals surface area contributed by atoms with Crippen LogP contribution in [0.4, 0.5) is 4.39 Å². The Morgan fingerprint density at radius 2 is 2.08 bits per heavy atom. The van der Waals surface area contributed by atoms with Gasteiger partial charge in [0.25, 0.3) is 0 Å². The van der Waals surface area contributed by atoms with Crippen LogP contribution in [0.2, 0.25) is 0 Å². The van der Waals surface area contributed by atoms with Gasteiger partial charge in [0.2, 0.25) is 0 Å². The van der Waals surface area contributed by atoms with Crippen molar-refractivity contribution < 1.29 is 9.13 Å². The van der Waals surface area contributed by atoms with E-state index in [1.54, 1.807) is 0 Å². The van der Waals surface area contributed by atoms with E-state index >= 15 is 0 Å². The summed E-state index contributed by atoms with van der Waals surface area (Å²) in [5.41, 5.74) is 5.02. The third-order valence-electron chi connectivity index (χ3n) is 5.50. The number of halogens is 1. The molecular formula is C22H25FN2O. The topological polar surface area (TPSA) is 26.2 Å². The monoisotopic (exact) mass is 352 g/mol. The highest BCUT2D eigenvalue weighted by Crippen LogP contribution is 2.33. The third kappa shape index (κ3) is 2.99. The van der Waals surface area contributed by atoms with Crippen LogP contribution in [0.25, 0.3) is 10.9 Å². The summed E-state index contributed by atoms with van der Waals surface area (Å²) in [5.74, 6) is 0.0442. The Hall–Kier alpha value is -2.33. The molecule has 0 fully saturated rings. The highest BCUT2D eigenvalue weighted by molar-refractivity contribution is 5.90. The molecule has 4 rings (SSSR count). The fraction of sp³-hybridized carbons (Fsp3) is 0.364. The first-order chi connectivity index (χ1) is 12.7. The molecule has 4 heteroatoms. The summed E-state index contributed by atoms with van der Waals surface area (Å²) in [6.45, 7) is 0.859. The maximum Gasteiger partial charge on any atom is 0.165 e. The second kappa shape index (κ2) is 7.12. The number of methoxy groups -OCH3 is 1. The third-order valence-corrected chi connectivity index (χ3v) is 5.50. The number of rotatable bonds is 5. The van der Waals surface area contributed by atoms with Gasteiger partial charge in [0.1, 0.15) is 0 Å². The van der Waals surface area contributed by atoms with Gasteiger partial charge >= 0.3 is 0 Å². The Balaban J connectivity index is 1.54. The zero-order valence-corrected chi connectivity index (χ0v) is 15.4. The van der Waals surface area contributed by atoms with Gasteiger partial charge < -0.3 is 14.6 Å². The Bertz CT molecular complexity index is 931. The van der Waals surface area contributed by atoms with Gasteiger partial charge in [-0.2, -0.15) is 0 Å². The molecule has 1 N–H and O–H groups in total. The first-order valence-corrected chi connectivity index (χ1v) is 9.30. The minimum atomic E-state index is -0.304. The molecule has 2 aromatic carbocycles. The normalized spacial score (nSPS) is 16.7. The quantitative estimate of drug-likeness (QED) is 0.730. The minimum Gasteiger partial charge on any atom is -0.493 e. The van der Waals surface area contributed by atoms with E-state index in [4.69, 9.17) is 4.74 Å². The van der Waals surface area contributed by atoms with Crippen LogP contribution in [0, 0.1) is 5.82 Å². The van der Waals surface area contributed by atoms with Crippen molar-refractivity contribution in [2.75, 3.05) is 13.7 Å². The first-order valence-electron chi connectivity index (χ1n) is 9.30. The van der Waals surface area contributed by atoms with E-state index in [-0.39, 0.29) is 5.82 Å². The number of hydrogen-bond acceptors (Lipinski definition) is 2. The zero-order valence-electron chi connectivity index (χ0n) is 15.4. The molecule has 3 nitrogen and oxygen atoms in total. The van der Waals surface area contributed by atoms with Gasteiger partial charge in [-0.05, 0) is 61.1 Å². The van der Waals surface area contributed by atoms with Gasteiger partial charge in [0, 0.05) is 24.7 Å². The lowest BCUT2D eigenvalue weighted by molar-refractivity contribution is 0.391. The van der Waals surface area contributed by atoms with Crippen LogP contribution in [-0.4, -0.2) is 18.2 Å². The number of aryl methyl sites for hydroxylation is 2. The van der Waals surface area contributed by atoms with Crippen LogP contribution in [-0.2, 0) is 19.9 Å². The molecule has 1 aromatic heterocycles. The van der Waals surface area contributed by atoms with E-state index in [0.29, 0.717) is 11.8 Å². The van der Waals surface area contributed by atoms with Crippen molar-refractivity contribution in [1.29, 1.82) is 0 Å². The molecule has 3 aromatic rings. The summed E-state index contributed by atoms with van der Waals surface area (Å²) in [4.78, 5) is 0. The predicted octanol–water partition coefficient (Wildman–Crippen LogP) is 4.54. The van der Waals surface area contributed by atoms with E-state index in [2.05, 4.69) is 35.8 Å². The molecule has 0 bridgehead atoms. The molecule has 0 saturated heterocycles. The number of aromatic nitrogens is 1. The molecule has 1 heterocycles. The Kier molecular flexibility index (Phi) is 4.68. The largest absolute Gasteiger partial charge is 0.493 e. The standard InChI is InChI=1S/C22H25FN2O/c1-25-14-16(21-20(25)11-10-18(23)22(21)26-2)12-13-24-19-9-5-7-15-6-3-4-8-17(15)19/h3-4,6,8,10-11,14,19,24H,5,7,9,12-13H2,1-2H3/t19-/m1/s1. The summed E-state index contributed by atoms with van der Waals surface area (Å²) in [7, 11) is 3.53. The number of benzene rings is 2. The molecule has 0 radical (unpaired) electrons. The van der Waals surface area contributed by atoms with E-state index in [1.165, 1.54) is 43.6 Å². The number of nitrogens with one attached hydrogen (secondary N) is 1. The van der Waals surface area contributed by atoms with Crippen LogP contribution in [0.1, 0.15) is 35.6 Å². The van der Waals surface area contributed by atoms with E-state index in [1.807, 2.05) is 17.7 Å². The summed E-state index contributed by atoms with van der Waals surface area (Å²) in [6, 6.07) is 12.4. The smallest absolute Gasteiger partial charge is 0.165 e. The molecular weight excluding hydrogens is 327 g/mol. The van der Waals surface area contributed by atoms with Crippen molar-refractivity contribution >= 4 is 10.9 Å². The molecule has 0 saturated carbocycles. The lowest BCUT2D eigenvalue weighted by Crippen LogP contribution is -2.27. The molecule has 1 aliphatic rings. The second-order valence-electron chi connectivity index (χ2n) is 7.09. The fourth-order valence-corrected chi connectivity index (χ4v) is 4.26. The Morgan fingerprint density at radius 1 is 1.23 bits per heavy atom. The molecule has 1 atom stereocenters. The van der Waals surface area contributed by atoms with Crippen LogP contribution in [0.5, 0.6) is 5.75 Å². The molecule has 1 aliphatic carbocycles. The maximum atomic E-state index is 14.1. The maximum absolute atomic E-state index is 14.1. The summed E-state index contributed by atoms with van der Waals surface area (Å²) in [6.07, 6.45) is 6.50. The van der Waals surface area contributed by atoms with Gasteiger partial charge in [-0.1, -0.05) is 24.3 Å². The van der Waals surface area contributed by atoms with Gasteiger partial charge in [0.05, 0.1) is 12.6 Å². The van der Waals surface area contributed by atoms with Gasteiger partial charge in [0.15, 0.2) is 11.6 Å². The van der Waals surface area contributed by atoms with Crippen molar-refractivity contribution in [3.63, 3.8) is 0 Å². The summed E-state index contributed by atoms with van der Waals surface area (Å²) in [5, 5.41) is 4.60. The Labute approximate surface area is 153 Å². The lowest BCUT2D eigenvalue weighted by Gasteiger charge is -2.26. The molecule has 136 valence electrons. The van der Waals surface area contributed by atoms with Crippen LogP contribution >= 0.6 is 0 Å². The molecule has 0 amide bonds. The minimum absolute atomic E-state index is 0.304. The SMILES string of the molecule is COc1c(F)ccc2c1c(CCN[C@@H]1CCCc3ccccc31)cn2C. The first kappa shape index (κ1) is 17.1. The van der Waals surface area contributed by atoms with Gasteiger partial charge in [-0.3, -0.25) is 0 Å². The molecule has 0 spiro atoms. The van der Waals surface area contributed by atoms with Crippen LogP contribution in [0.15, 0.2) is 42.6 Å². The highest BCUT2D eigenvalue weighted by Gasteiger charge is 2.20. The van der Waals surface area contributed by atoms with Crippen molar-refractivity contribution in [3.8, 4) is 5.75 Å². The van der Waals surface area contributed by atoms with E-state index < -0.39 is 0 Å². The number of nitrogens with zero attached hydrogens (tertiary/aromatic N) is 1. The second-order valence-corrected chi connectivity index (χ2v) is 7.09. The lowest BCUT2D eigenvalue weighted by atomic mass is 9.87. The zero-order chi connectivity index (χ0) is 18.1. The predicted molar refractivity (Wildman–Crippen MR) is 103 cm³/mol. The van der Waals surface area contributed by atoms with Crippen molar-refractivity contribution in [1.82, 2.24) is 9.88 Å². The van der Waals surface area contributed by atoms with Gasteiger partial charge in [-0.15, -0.1) is 0 Å². The molecule has 26 heavy (non-hydrogen) atoms. The van der Waals surface area contributed by atoms with Crippen molar-refractivity contribution in [3.05, 3.63) is 65.1 Å². The summed E-state index contributed by atoms with van der Waals surface area (Å²) < 4.78 is 21.5. The summed E-state index contributed by atoms with van der Waals surface area (Å²) >= 11 is 0. The Morgan fingerprint density at radius 3 is 2.92 bits per heavy atom. The molecule has 0 unspecified atom stereocenters. The van der Waals surface area contributed by atoms with Crippen LogP contribution < -0.4 is 10.1 Å². The van der Waals surface area contributed by atoms with Crippen molar-refractivity contribution in [2.45, 2.75) is 31.7 Å². The number of hydrogen-bond donors (Lipinski definition) is 1. The van der Waals surface area contributed by atoms with Gasteiger partial charge in [-0.25, -0.2) is 4.39 Å². The van der Waals surface area contributed by atoms with E-state index in [9.17, 15) is 4.39 Å². The number of fused-ring (bicyclic) bond motifs is 2. The average Bonchev–Trinajstić information content (AvgIpc) is 2.98. The van der Waals surface area contributed by atoms with E-state index in [0.717, 1.165) is 29.4 Å². The number of ether oxygens (including phenoxy) is 1.